The molecule has 0 radical (unpaired) electrons. The van der Waals surface area contributed by atoms with Crippen molar-refractivity contribution in [1.29, 1.82) is 0 Å². The highest BCUT2D eigenvalue weighted by molar-refractivity contribution is 6.01. The van der Waals surface area contributed by atoms with Crippen molar-refractivity contribution < 1.29 is 4.79 Å². The fourth-order valence-corrected chi connectivity index (χ4v) is 1.54. The first kappa shape index (κ1) is 10.9. The van der Waals surface area contributed by atoms with E-state index in [1.165, 1.54) is 0 Å². The maximum absolute atomic E-state index is 11.6. The van der Waals surface area contributed by atoms with Crippen LogP contribution in [0.15, 0.2) is 9.98 Å². The number of hydrogen-bond acceptors (Lipinski definition) is 3. The van der Waals surface area contributed by atoms with Gasteiger partial charge in [-0.2, -0.15) is 0 Å². The van der Waals surface area contributed by atoms with Crippen LogP contribution >= 0.6 is 0 Å². The number of nitrogens with one attached hydrogen (secondary N) is 1. The van der Waals surface area contributed by atoms with Crippen molar-refractivity contribution >= 4 is 18.2 Å². The van der Waals surface area contributed by atoms with Crippen LogP contribution in [0.2, 0.25) is 0 Å². The Labute approximate surface area is 95.0 Å². The first-order chi connectivity index (χ1) is 7.58. The Morgan fingerprint density at radius 2 is 2.25 bits per heavy atom. The smallest absolute Gasteiger partial charge is 0.325 e. The second-order valence-corrected chi connectivity index (χ2v) is 4.37. The largest absolute Gasteiger partial charge is 0.369 e. The van der Waals surface area contributed by atoms with E-state index >= 15 is 0 Å². The molecule has 0 saturated heterocycles. The first-order valence-corrected chi connectivity index (χ1v) is 5.39. The summed E-state index contributed by atoms with van der Waals surface area (Å²) in [5.41, 5.74) is 0. The molecule has 0 bridgehead atoms. The number of hydrogen-bond donors (Lipinski definition) is 1. The molecule has 88 valence electrons. The lowest BCUT2D eigenvalue weighted by Crippen LogP contribution is -2.50. The van der Waals surface area contributed by atoms with Crippen LogP contribution in [0.4, 0.5) is 4.79 Å². The quantitative estimate of drug-likeness (QED) is 0.553. The summed E-state index contributed by atoms with van der Waals surface area (Å²) in [5.74, 6) is 1.32. The fourth-order valence-electron chi connectivity index (χ4n) is 1.54. The minimum Gasteiger partial charge on any atom is -0.369 e. The molecule has 0 unspecified atom stereocenters. The summed E-state index contributed by atoms with van der Waals surface area (Å²) >= 11 is 0. The predicted octanol–water partition coefficient (Wildman–Crippen LogP) is 0.323. The van der Waals surface area contributed by atoms with Crippen LogP contribution in [-0.2, 0) is 0 Å². The van der Waals surface area contributed by atoms with Gasteiger partial charge in [-0.1, -0.05) is 0 Å². The van der Waals surface area contributed by atoms with Gasteiger partial charge in [-0.25, -0.2) is 14.8 Å². The van der Waals surface area contributed by atoms with Gasteiger partial charge >= 0.3 is 6.03 Å². The van der Waals surface area contributed by atoms with Crippen LogP contribution in [0.5, 0.6) is 0 Å². The van der Waals surface area contributed by atoms with Gasteiger partial charge in [0.25, 0.3) is 0 Å². The molecule has 1 heterocycles. The van der Waals surface area contributed by atoms with Crippen LogP contribution in [0, 0.1) is 5.92 Å². The summed E-state index contributed by atoms with van der Waals surface area (Å²) in [6.07, 6.45) is 3.44. The summed E-state index contributed by atoms with van der Waals surface area (Å²) in [5, 5.41) is 2.71. The Morgan fingerprint density at radius 1 is 1.56 bits per heavy atom. The molecule has 6 heteroatoms. The zero-order valence-corrected chi connectivity index (χ0v) is 9.84. The van der Waals surface area contributed by atoms with E-state index in [4.69, 9.17) is 0 Å². The van der Waals surface area contributed by atoms with Gasteiger partial charge in [-0.05, 0) is 12.8 Å². The SMILES string of the molecule is CN(C)C=N[C@H]1N=C(C2CC2)N(C)C(=O)N1. The van der Waals surface area contributed by atoms with Gasteiger partial charge in [0.15, 0.2) is 0 Å². The Morgan fingerprint density at radius 3 is 2.81 bits per heavy atom. The zero-order valence-electron chi connectivity index (χ0n) is 9.84. The van der Waals surface area contributed by atoms with Gasteiger partial charge in [-0.15, -0.1) is 0 Å². The molecule has 1 aliphatic carbocycles. The van der Waals surface area contributed by atoms with Gasteiger partial charge < -0.3 is 4.90 Å². The zero-order chi connectivity index (χ0) is 11.7. The van der Waals surface area contributed by atoms with Gasteiger partial charge in [0.1, 0.15) is 5.84 Å². The number of amides is 2. The number of rotatable bonds is 3. The average Bonchev–Trinajstić information content (AvgIpc) is 3.03. The van der Waals surface area contributed by atoms with Crippen molar-refractivity contribution in [1.82, 2.24) is 15.1 Å². The summed E-state index contributed by atoms with van der Waals surface area (Å²) in [4.78, 5) is 23.7. The van der Waals surface area contributed by atoms with Gasteiger partial charge in [-0.3, -0.25) is 10.2 Å². The molecule has 2 aliphatic rings. The van der Waals surface area contributed by atoms with Crippen LogP contribution in [-0.4, -0.2) is 55.4 Å². The van der Waals surface area contributed by atoms with E-state index in [-0.39, 0.29) is 6.03 Å². The van der Waals surface area contributed by atoms with Crippen molar-refractivity contribution in [3.05, 3.63) is 0 Å². The lowest BCUT2D eigenvalue weighted by molar-refractivity contribution is 0.218. The maximum atomic E-state index is 11.6. The van der Waals surface area contributed by atoms with Crippen LogP contribution in [0.25, 0.3) is 0 Å². The van der Waals surface area contributed by atoms with E-state index in [1.54, 1.807) is 18.3 Å². The summed E-state index contributed by atoms with van der Waals surface area (Å²) < 4.78 is 0. The van der Waals surface area contributed by atoms with Gasteiger partial charge in [0.05, 0.1) is 6.34 Å². The molecule has 1 aliphatic heterocycles. The molecule has 1 atom stereocenters. The normalized spacial score (nSPS) is 25.7. The molecule has 0 aromatic rings. The Balaban J connectivity index is 2.12. The van der Waals surface area contributed by atoms with E-state index in [9.17, 15) is 4.79 Å². The molecule has 0 spiro atoms. The first-order valence-electron chi connectivity index (χ1n) is 5.39. The van der Waals surface area contributed by atoms with Crippen molar-refractivity contribution in [3.63, 3.8) is 0 Å². The predicted molar refractivity (Wildman–Crippen MR) is 62.4 cm³/mol. The minimum atomic E-state index is -0.471. The number of urea groups is 1. The number of carbonyl (C=O) groups excluding carboxylic acids is 1. The second kappa shape index (κ2) is 4.11. The van der Waals surface area contributed by atoms with E-state index in [0.717, 1.165) is 18.7 Å². The molecule has 16 heavy (non-hydrogen) atoms. The van der Waals surface area contributed by atoms with E-state index in [0.29, 0.717) is 5.92 Å². The Bertz CT molecular complexity index is 345. The van der Waals surface area contributed by atoms with Crippen LogP contribution in [0.3, 0.4) is 0 Å². The van der Waals surface area contributed by atoms with Crippen molar-refractivity contribution in [2.24, 2.45) is 15.9 Å². The Kier molecular flexibility index (Phi) is 2.80. The minimum absolute atomic E-state index is 0.127. The second-order valence-electron chi connectivity index (χ2n) is 4.37. The van der Waals surface area contributed by atoms with Crippen LogP contribution < -0.4 is 5.32 Å². The summed E-state index contributed by atoms with van der Waals surface area (Å²) in [6, 6.07) is -0.127. The molecule has 2 amide bonds. The van der Waals surface area contributed by atoms with Gasteiger partial charge in [0.2, 0.25) is 6.29 Å². The molecule has 1 N–H and O–H groups in total. The molecular weight excluding hydrogens is 206 g/mol. The molecule has 0 aromatic heterocycles. The van der Waals surface area contributed by atoms with E-state index in [2.05, 4.69) is 15.3 Å². The third-order valence-electron chi connectivity index (χ3n) is 2.54. The molecule has 2 rings (SSSR count). The lowest BCUT2D eigenvalue weighted by Gasteiger charge is -2.27. The lowest BCUT2D eigenvalue weighted by atomic mass is 10.3. The number of aliphatic imine (C=N–C) groups is 2. The molecule has 6 nitrogen and oxygen atoms in total. The van der Waals surface area contributed by atoms with Crippen molar-refractivity contribution in [3.8, 4) is 0 Å². The fraction of sp³-hybridized carbons (Fsp3) is 0.700. The molecular formula is C10H17N5O. The highest BCUT2D eigenvalue weighted by Crippen LogP contribution is 2.32. The summed E-state index contributed by atoms with van der Waals surface area (Å²) in [6.45, 7) is 0. The van der Waals surface area contributed by atoms with Gasteiger partial charge in [0, 0.05) is 27.1 Å². The number of amidine groups is 1. The number of nitrogens with zero attached hydrogens (tertiary/aromatic N) is 4. The third kappa shape index (κ3) is 2.32. The maximum Gasteiger partial charge on any atom is 0.325 e. The van der Waals surface area contributed by atoms with E-state index < -0.39 is 6.29 Å². The highest BCUT2D eigenvalue weighted by atomic mass is 16.2. The molecule has 1 saturated carbocycles. The Hall–Kier alpha value is -1.59. The monoisotopic (exact) mass is 223 g/mol. The topological polar surface area (TPSA) is 60.3 Å². The highest BCUT2D eigenvalue weighted by Gasteiger charge is 2.35. The standard InChI is InChI=1S/C10H17N5O/c1-14(2)6-11-9-12-8(7-4-5-7)15(3)10(16)13-9/h6-7,9H,4-5H2,1-3H3,(H,13,16)/t9-/m0/s1. The summed E-state index contributed by atoms with van der Waals surface area (Å²) in [7, 11) is 5.51. The molecule has 0 aromatic carbocycles. The van der Waals surface area contributed by atoms with Crippen molar-refractivity contribution in [2.75, 3.05) is 21.1 Å². The van der Waals surface area contributed by atoms with Crippen LogP contribution in [0.1, 0.15) is 12.8 Å². The van der Waals surface area contributed by atoms with Crippen molar-refractivity contribution in [2.45, 2.75) is 19.1 Å². The third-order valence-corrected chi connectivity index (χ3v) is 2.54. The number of carbonyl (C=O) groups is 1. The average molecular weight is 223 g/mol. The van der Waals surface area contributed by atoms with E-state index in [1.807, 2.05) is 19.0 Å². The molecule has 1 fully saturated rings.